The molecule has 4 rings (SSSR count). The normalized spacial score (nSPS) is 11.1. The van der Waals surface area contributed by atoms with Crippen molar-refractivity contribution in [2.45, 2.75) is 45.4 Å². The number of aryl methyl sites for hydroxylation is 2. The summed E-state index contributed by atoms with van der Waals surface area (Å²) < 4.78 is 22.8. The number of thioether (sulfide) groups is 1. The van der Waals surface area contributed by atoms with Gasteiger partial charge in [-0.05, 0) is 63.1 Å². The lowest BCUT2D eigenvalue weighted by Crippen LogP contribution is -2.09. The van der Waals surface area contributed by atoms with Crippen molar-refractivity contribution in [3.8, 4) is 17.1 Å². The minimum absolute atomic E-state index is 0.0561. The molecule has 0 N–H and O–H groups in total. The largest absolute Gasteiger partial charge is 0.496 e. The van der Waals surface area contributed by atoms with E-state index in [2.05, 4.69) is 14.8 Å². The summed E-state index contributed by atoms with van der Waals surface area (Å²) in [7, 11) is 1.63. The maximum absolute atomic E-state index is 13.2. The van der Waals surface area contributed by atoms with Gasteiger partial charge in [-0.2, -0.15) is 0 Å². The summed E-state index contributed by atoms with van der Waals surface area (Å²) in [5.41, 5.74) is 4.64. The Balaban J connectivity index is 1.47. The summed E-state index contributed by atoms with van der Waals surface area (Å²) >= 11 is 1.39. The van der Waals surface area contributed by atoms with E-state index in [4.69, 9.17) is 4.74 Å². The molecule has 0 unspecified atom stereocenters. The van der Waals surface area contributed by atoms with E-state index in [0.717, 1.165) is 52.6 Å². The lowest BCUT2D eigenvalue weighted by Gasteiger charge is -2.11. The third-order valence-corrected chi connectivity index (χ3v) is 7.09. The minimum Gasteiger partial charge on any atom is -0.496 e. The van der Waals surface area contributed by atoms with Crippen LogP contribution in [-0.4, -0.2) is 38.0 Å². The second-order valence-corrected chi connectivity index (χ2v) is 9.22. The molecule has 0 aliphatic rings. The molecule has 4 aromatic rings. The van der Waals surface area contributed by atoms with Crippen LogP contribution in [0.15, 0.2) is 59.8 Å². The molecule has 182 valence electrons. The van der Waals surface area contributed by atoms with E-state index in [1.807, 2.05) is 55.7 Å². The second kappa shape index (κ2) is 10.9. The number of Topliss-reactive ketones (excluding diaryl/α,β-unsaturated/α-hetero) is 1. The third-order valence-electron chi connectivity index (χ3n) is 6.12. The van der Waals surface area contributed by atoms with Gasteiger partial charge in [-0.15, -0.1) is 10.2 Å². The number of methoxy groups -OCH3 is 1. The summed E-state index contributed by atoms with van der Waals surface area (Å²) in [6.45, 7) is 7.42. The van der Waals surface area contributed by atoms with Crippen LogP contribution in [0.2, 0.25) is 0 Å². The van der Waals surface area contributed by atoms with E-state index in [9.17, 15) is 9.18 Å². The number of rotatable bonds is 10. The average molecular weight is 493 g/mol. The summed E-state index contributed by atoms with van der Waals surface area (Å²) in [6.07, 6.45) is 0.768. The topological polar surface area (TPSA) is 61.9 Å². The van der Waals surface area contributed by atoms with Crippen molar-refractivity contribution in [3.05, 3.63) is 82.9 Å². The van der Waals surface area contributed by atoms with E-state index < -0.39 is 0 Å². The van der Waals surface area contributed by atoms with Gasteiger partial charge in [0.1, 0.15) is 11.6 Å². The van der Waals surface area contributed by atoms with Gasteiger partial charge >= 0.3 is 0 Å². The van der Waals surface area contributed by atoms with Gasteiger partial charge in [-0.1, -0.05) is 36.0 Å². The molecule has 0 saturated carbocycles. The Bertz CT molecular complexity index is 1330. The molecule has 0 fully saturated rings. The Morgan fingerprint density at radius 2 is 1.80 bits per heavy atom. The van der Waals surface area contributed by atoms with Crippen molar-refractivity contribution in [1.29, 1.82) is 0 Å². The lowest BCUT2D eigenvalue weighted by molar-refractivity contribution is 0.102. The van der Waals surface area contributed by atoms with Gasteiger partial charge in [0.25, 0.3) is 0 Å². The van der Waals surface area contributed by atoms with Crippen molar-refractivity contribution in [2.75, 3.05) is 12.9 Å². The number of aromatic nitrogens is 4. The molecular weight excluding hydrogens is 463 g/mol. The van der Waals surface area contributed by atoms with Crippen LogP contribution in [0, 0.1) is 19.7 Å². The van der Waals surface area contributed by atoms with Crippen molar-refractivity contribution in [3.63, 3.8) is 0 Å². The zero-order valence-electron chi connectivity index (χ0n) is 20.4. The first kappa shape index (κ1) is 24.7. The number of benzene rings is 2. The smallest absolute Gasteiger partial charge is 0.191 e. The van der Waals surface area contributed by atoms with E-state index in [1.54, 1.807) is 19.2 Å². The SMILES string of the molecule is CCn1c(SCC(=O)c2cc(C)n(CCc3ccc(F)cc3)c2C)nnc1-c1ccccc1OC. The van der Waals surface area contributed by atoms with Crippen LogP contribution >= 0.6 is 11.8 Å². The van der Waals surface area contributed by atoms with Crippen LogP contribution < -0.4 is 4.74 Å². The number of nitrogens with zero attached hydrogens (tertiary/aromatic N) is 4. The fraction of sp³-hybridized carbons (Fsp3) is 0.296. The molecule has 2 heterocycles. The van der Waals surface area contributed by atoms with E-state index in [-0.39, 0.29) is 17.4 Å². The Morgan fingerprint density at radius 3 is 2.51 bits per heavy atom. The highest BCUT2D eigenvalue weighted by atomic mass is 32.2. The van der Waals surface area contributed by atoms with Crippen molar-refractivity contribution in [1.82, 2.24) is 19.3 Å². The standard InChI is InChI=1S/C27H29FN4O2S/c1-5-31-26(22-8-6-7-9-25(22)34-4)29-30-27(31)35-17-24(33)23-16-18(2)32(19(23)3)15-14-20-10-12-21(28)13-11-20/h6-13,16H,5,14-15,17H2,1-4H3. The van der Waals surface area contributed by atoms with Gasteiger partial charge < -0.3 is 13.9 Å². The van der Waals surface area contributed by atoms with E-state index >= 15 is 0 Å². The van der Waals surface area contributed by atoms with Gasteiger partial charge in [-0.25, -0.2) is 4.39 Å². The van der Waals surface area contributed by atoms with Crippen LogP contribution in [0.3, 0.4) is 0 Å². The molecular formula is C27H29FN4O2S. The van der Waals surface area contributed by atoms with Gasteiger partial charge in [0, 0.05) is 30.0 Å². The molecule has 2 aromatic heterocycles. The number of carbonyl (C=O) groups excluding carboxylic acids is 1. The fourth-order valence-corrected chi connectivity index (χ4v) is 5.12. The van der Waals surface area contributed by atoms with Crippen LogP contribution in [0.5, 0.6) is 5.75 Å². The van der Waals surface area contributed by atoms with Gasteiger partial charge in [0.05, 0.1) is 18.4 Å². The predicted octanol–water partition coefficient (Wildman–Crippen LogP) is 5.75. The van der Waals surface area contributed by atoms with E-state index in [0.29, 0.717) is 11.7 Å². The van der Waals surface area contributed by atoms with Crippen molar-refractivity contribution in [2.24, 2.45) is 0 Å². The lowest BCUT2D eigenvalue weighted by atomic mass is 10.1. The quantitative estimate of drug-likeness (QED) is 0.208. The van der Waals surface area contributed by atoms with Crippen LogP contribution in [0.1, 0.15) is 34.2 Å². The number of para-hydroxylation sites is 1. The summed E-state index contributed by atoms with van der Waals surface area (Å²) in [4.78, 5) is 13.1. The molecule has 0 saturated heterocycles. The highest BCUT2D eigenvalue weighted by Gasteiger charge is 2.20. The molecule has 0 aliphatic heterocycles. The number of hydrogen-bond acceptors (Lipinski definition) is 5. The Labute approximate surface area is 209 Å². The molecule has 8 heteroatoms. The summed E-state index contributed by atoms with van der Waals surface area (Å²) in [6, 6.07) is 16.2. The molecule has 35 heavy (non-hydrogen) atoms. The van der Waals surface area contributed by atoms with Gasteiger partial charge in [0.2, 0.25) is 0 Å². The molecule has 0 spiro atoms. The molecule has 0 radical (unpaired) electrons. The Kier molecular flexibility index (Phi) is 7.70. The zero-order valence-corrected chi connectivity index (χ0v) is 21.2. The van der Waals surface area contributed by atoms with Gasteiger partial charge in [0.15, 0.2) is 16.8 Å². The fourth-order valence-electron chi connectivity index (χ4n) is 4.24. The number of hydrogen-bond donors (Lipinski definition) is 0. The van der Waals surface area contributed by atoms with Crippen molar-refractivity contribution >= 4 is 17.5 Å². The Hall–Kier alpha value is -3.39. The number of halogens is 1. The predicted molar refractivity (Wildman–Crippen MR) is 137 cm³/mol. The van der Waals surface area contributed by atoms with Crippen LogP contribution in [0.25, 0.3) is 11.4 Å². The number of carbonyl (C=O) groups is 1. The number of ketones is 1. The highest BCUT2D eigenvalue weighted by molar-refractivity contribution is 7.99. The summed E-state index contributed by atoms with van der Waals surface area (Å²) in [5.74, 6) is 1.54. The third kappa shape index (κ3) is 5.32. The second-order valence-electron chi connectivity index (χ2n) is 8.28. The van der Waals surface area contributed by atoms with E-state index in [1.165, 1.54) is 23.9 Å². The molecule has 2 aromatic carbocycles. The number of ether oxygens (including phenoxy) is 1. The van der Waals surface area contributed by atoms with Crippen LogP contribution in [0.4, 0.5) is 4.39 Å². The summed E-state index contributed by atoms with van der Waals surface area (Å²) in [5, 5.41) is 9.44. The Morgan fingerprint density at radius 1 is 1.06 bits per heavy atom. The molecule has 0 aliphatic carbocycles. The molecule has 0 bridgehead atoms. The van der Waals surface area contributed by atoms with Gasteiger partial charge in [-0.3, -0.25) is 4.79 Å². The first-order valence-electron chi connectivity index (χ1n) is 11.6. The minimum atomic E-state index is -0.235. The van der Waals surface area contributed by atoms with Crippen LogP contribution in [-0.2, 0) is 19.5 Å². The molecule has 6 nitrogen and oxygen atoms in total. The first-order chi connectivity index (χ1) is 16.9. The average Bonchev–Trinajstić information content (AvgIpc) is 3.41. The molecule has 0 atom stereocenters. The van der Waals surface area contributed by atoms with Crippen molar-refractivity contribution < 1.29 is 13.9 Å². The molecule has 0 amide bonds. The maximum Gasteiger partial charge on any atom is 0.191 e. The zero-order chi connectivity index (χ0) is 24.9. The highest BCUT2D eigenvalue weighted by Crippen LogP contribution is 2.31. The monoisotopic (exact) mass is 492 g/mol. The first-order valence-corrected chi connectivity index (χ1v) is 12.5. The maximum atomic E-state index is 13.2.